The Morgan fingerprint density at radius 3 is 2.56 bits per heavy atom. The van der Waals surface area contributed by atoms with Gasteiger partial charge in [0.25, 0.3) is 6.43 Å². The molecule has 0 N–H and O–H groups in total. The Labute approximate surface area is 92.1 Å². The summed E-state index contributed by atoms with van der Waals surface area (Å²) in [4.78, 5) is 1.41. The molecular formula is C11H11F2N3. The first-order chi connectivity index (χ1) is 7.68. The van der Waals surface area contributed by atoms with Crippen LogP contribution in [0.25, 0.3) is 0 Å². The summed E-state index contributed by atoms with van der Waals surface area (Å²) in [5, 5.41) is 7.02. The summed E-state index contributed by atoms with van der Waals surface area (Å²) in [5.41, 5.74) is 1.77. The summed E-state index contributed by atoms with van der Waals surface area (Å²) >= 11 is 0. The predicted molar refractivity (Wildman–Crippen MR) is 57.4 cm³/mol. The van der Waals surface area contributed by atoms with E-state index in [2.05, 4.69) is 10.2 Å². The Balaban J connectivity index is 2.28. The SMILES string of the molecule is Cc1ccc(N2C=CN=NC2C(F)F)cc1. The van der Waals surface area contributed by atoms with Crippen LogP contribution in [0.5, 0.6) is 0 Å². The summed E-state index contributed by atoms with van der Waals surface area (Å²) in [5.74, 6) is 0. The van der Waals surface area contributed by atoms with Gasteiger partial charge in [-0.3, -0.25) is 0 Å². The number of rotatable bonds is 2. The van der Waals surface area contributed by atoms with E-state index < -0.39 is 12.6 Å². The Morgan fingerprint density at radius 1 is 1.25 bits per heavy atom. The molecule has 84 valence electrons. The number of hydrogen-bond donors (Lipinski definition) is 0. The van der Waals surface area contributed by atoms with Gasteiger partial charge in [-0.2, -0.15) is 10.2 Å². The largest absolute Gasteiger partial charge is 0.317 e. The van der Waals surface area contributed by atoms with Crippen molar-refractivity contribution in [2.75, 3.05) is 4.90 Å². The van der Waals surface area contributed by atoms with Crippen LogP contribution in [-0.4, -0.2) is 12.6 Å². The maximum Gasteiger partial charge on any atom is 0.280 e. The lowest BCUT2D eigenvalue weighted by atomic mass is 10.2. The molecule has 1 unspecified atom stereocenters. The normalized spacial score (nSPS) is 19.5. The Hall–Kier alpha value is -1.78. The van der Waals surface area contributed by atoms with Crippen LogP contribution < -0.4 is 4.90 Å². The van der Waals surface area contributed by atoms with Gasteiger partial charge in [-0.1, -0.05) is 17.7 Å². The van der Waals surface area contributed by atoms with Gasteiger partial charge >= 0.3 is 0 Å². The van der Waals surface area contributed by atoms with E-state index in [0.29, 0.717) is 5.69 Å². The number of alkyl halides is 2. The van der Waals surface area contributed by atoms with E-state index >= 15 is 0 Å². The van der Waals surface area contributed by atoms with Gasteiger partial charge < -0.3 is 4.90 Å². The fraction of sp³-hybridized carbons (Fsp3) is 0.273. The summed E-state index contributed by atoms with van der Waals surface area (Å²) in [6.07, 6.45) is -0.879. The summed E-state index contributed by atoms with van der Waals surface area (Å²) in [7, 11) is 0. The summed E-state index contributed by atoms with van der Waals surface area (Å²) < 4.78 is 25.4. The number of aryl methyl sites for hydroxylation is 1. The second-order valence-corrected chi connectivity index (χ2v) is 3.52. The smallest absolute Gasteiger partial charge is 0.280 e. The van der Waals surface area contributed by atoms with Crippen molar-refractivity contribution in [1.82, 2.24) is 0 Å². The first kappa shape index (κ1) is 10.7. The third-order valence-electron chi connectivity index (χ3n) is 2.32. The number of nitrogens with zero attached hydrogens (tertiary/aromatic N) is 3. The molecule has 0 aliphatic carbocycles. The van der Waals surface area contributed by atoms with Crippen LogP contribution in [0.3, 0.4) is 0 Å². The summed E-state index contributed by atoms with van der Waals surface area (Å²) in [6.45, 7) is 1.94. The van der Waals surface area contributed by atoms with Crippen molar-refractivity contribution in [3.8, 4) is 0 Å². The van der Waals surface area contributed by atoms with Crippen LogP contribution in [0.2, 0.25) is 0 Å². The molecular weight excluding hydrogens is 212 g/mol. The first-order valence-corrected chi connectivity index (χ1v) is 4.88. The van der Waals surface area contributed by atoms with Crippen LogP contribution in [0.1, 0.15) is 5.56 Å². The molecule has 0 saturated carbocycles. The van der Waals surface area contributed by atoms with E-state index in [1.165, 1.54) is 17.3 Å². The zero-order chi connectivity index (χ0) is 11.5. The van der Waals surface area contributed by atoms with E-state index in [9.17, 15) is 8.78 Å². The standard InChI is InChI=1S/C11H11F2N3/c1-8-2-4-9(5-3-8)16-7-6-14-15-11(16)10(12)13/h2-7,10-11H,1H3. The molecule has 1 aliphatic heterocycles. The second-order valence-electron chi connectivity index (χ2n) is 3.52. The molecule has 1 aliphatic rings. The van der Waals surface area contributed by atoms with Crippen LogP contribution in [0.15, 0.2) is 46.9 Å². The quantitative estimate of drug-likeness (QED) is 0.755. The minimum absolute atomic E-state index is 0.686. The van der Waals surface area contributed by atoms with Gasteiger partial charge in [0.1, 0.15) is 0 Å². The van der Waals surface area contributed by atoms with Crippen molar-refractivity contribution in [1.29, 1.82) is 0 Å². The van der Waals surface area contributed by atoms with Gasteiger partial charge in [0.2, 0.25) is 6.17 Å². The third-order valence-corrected chi connectivity index (χ3v) is 2.32. The van der Waals surface area contributed by atoms with Gasteiger partial charge in [0.05, 0.1) is 6.20 Å². The highest BCUT2D eigenvalue weighted by Gasteiger charge is 2.27. The monoisotopic (exact) mass is 223 g/mol. The molecule has 2 rings (SSSR count). The van der Waals surface area contributed by atoms with Gasteiger partial charge in [0, 0.05) is 11.9 Å². The van der Waals surface area contributed by atoms with Gasteiger partial charge in [0.15, 0.2) is 0 Å². The third kappa shape index (κ3) is 2.08. The molecule has 16 heavy (non-hydrogen) atoms. The molecule has 0 bridgehead atoms. The van der Waals surface area contributed by atoms with Crippen LogP contribution in [0, 0.1) is 6.92 Å². The molecule has 1 aromatic carbocycles. The Kier molecular flexibility index (Phi) is 2.94. The number of halogens is 2. The highest BCUT2D eigenvalue weighted by atomic mass is 19.3. The van der Waals surface area contributed by atoms with Crippen LogP contribution in [0.4, 0.5) is 14.5 Å². The molecule has 1 aromatic rings. The molecule has 3 nitrogen and oxygen atoms in total. The number of azo groups is 1. The molecule has 0 aromatic heterocycles. The molecule has 1 atom stereocenters. The summed E-state index contributed by atoms with van der Waals surface area (Å²) in [6, 6.07) is 7.32. The number of benzene rings is 1. The second kappa shape index (κ2) is 4.38. The number of anilines is 1. The van der Waals surface area contributed by atoms with Crippen molar-refractivity contribution in [2.24, 2.45) is 10.2 Å². The lowest BCUT2D eigenvalue weighted by Crippen LogP contribution is -2.36. The van der Waals surface area contributed by atoms with Gasteiger partial charge in [-0.25, -0.2) is 8.78 Å². The highest BCUT2D eigenvalue weighted by Crippen LogP contribution is 2.24. The van der Waals surface area contributed by atoms with Gasteiger partial charge in [-0.05, 0) is 19.1 Å². The molecule has 0 radical (unpaired) electrons. The van der Waals surface area contributed by atoms with Crippen LogP contribution >= 0.6 is 0 Å². The Morgan fingerprint density at radius 2 is 1.94 bits per heavy atom. The minimum Gasteiger partial charge on any atom is -0.317 e. The topological polar surface area (TPSA) is 28.0 Å². The zero-order valence-corrected chi connectivity index (χ0v) is 8.72. The lowest BCUT2D eigenvalue weighted by Gasteiger charge is -2.27. The minimum atomic E-state index is -2.56. The average Bonchev–Trinajstić information content (AvgIpc) is 2.30. The van der Waals surface area contributed by atoms with Crippen molar-refractivity contribution in [3.63, 3.8) is 0 Å². The van der Waals surface area contributed by atoms with Crippen molar-refractivity contribution >= 4 is 5.69 Å². The fourth-order valence-corrected chi connectivity index (χ4v) is 1.48. The van der Waals surface area contributed by atoms with Crippen LogP contribution in [-0.2, 0) is 0 Å². The molecule has 0 saturated heterocycles. The van der Waals surface area contributed by atoms with E-state index in [-0.39, 0.29) is 0 Å². The van der Waals surface area contributed by atoms with Crippen molar-refractivity contribution < 1.29 is 8.78 Å². The predicted octanol–water partition coefficient (Wildman–Crippen LogP) is 3.33. The van der Waals surface area contributed by atoms with E-state index in [0.717, 1.165) is 5.56 Å². The molecule has 0 spiro atoms. The van der Waals surface area contributed by atoms with E-state index in [1.54, 1.807) is 12.1 Å². The maximum atomic E-state index is 12.7. The maximum absolute atomic E-state index is 12.7. The zero-order valence-electron chi connectivity index (χ0n) is 8.72. The molecule has 1 heterocycles. The first-order valence-electron chi connectivity index (χ1n) is 4.88. The van der Waals surface area contributed by atoms with Crippen molar-refractivity contribution in [3.05, 3.63) is 42.2 Å². The van der Waals surface area contributed by atoms with E-state index in [4.69, 9.17) is 0 Å². The van der Waals surface area contributed by atoms with Crippen molar-refractivity contribution in [2.45, 2.75) is 19.5 Å². The average molecular weight is 223 g/mol. The Bertz CT molecular complexity index is 412. The van der Waals surface area contributed by atoms with Gasteiger partial charge in [-0.15, -0.1) is 0 Å². The molecule has 0 fully saturated rings. The molecule has 5 heteroatoms. The fourth-order valence-electron chi connectivity index (χ4n) is 1.48. The highest BCUT2D eigenvalue weighted by molar-refractivity contribution is 5.51. The number of hydrogen-bond acceptors (Lipinski definition) is 3. The lowest BCUT2D eigenvalue weighted by molar-refractivity contribution is 0.115. The van der Waals surface area contributed by atoms with E-state index in [1.807, 2.05) is 19.1 Å². The molecule has 0 amide bonds.